The van der Waals surface area contributed by atoms with Crippen molar-refractivity contribution in [3.63, 3.8) is 0 Å². The van der Waals surface area contributed by atoms with Crippen LogP contribution in [0.2, 0.25) is 0 Å². The van der Waals surface area contributed by atoms with E-state index in [9.17, 15) is 14.3 Å². The number of pyridine rings is 1. The Labute approximate surface area is 158 Å². The number of aliphatic hydroxyl groups is 1. The number of aromatic nitrogens is 3. The van der Waals surface area contributed by atoms with Crippen LogP contribution >= 0.6 is 11.3 Å². The molecule has 6 nitrogen and oxygen atoms in total. The van der Waals surface area contributed by atoms with Gasteiger partial charge >= 0.3 is 0 Å². The molecule has 4 rings (SSSR count). The zero-order valence-corrected chi connectivity index (χ0v) is 17.1. The van der Waals surface area contributed by atoms with Gasteiger partial charge in [0.05, 0.1) is 19.4 Å². The van der Waals surface area contributed by atoms with Gasteiger partial charge in [0.15, 0.2) is 0 Å². The molecule has 0 saturated carbocycles. The molecule has 0 bridgehead atoms. The molecule has 1 aliphatic heterocycles. The van der Waals surface area contributed by atoms with Crippen molar-refractivity contribution in [2.24, 2.45) is 0 Å². The van der Waals surface area contributed by atoms with Gasteiger partial charge in [0.25, 0.3) is 5.56 Å². The summed E-state index contributed by atoms with van der Waals surface area (Å²) in [6, 6.07) is 1.85. The van der Waals surface area contributed by atoms with Crippen molar-refractivity contribution >= 4 is 21.4 Å². The Morgan fingerprint density at radius 1 is 1.54 bits per heavy atom. The summed E-state index contributed by atoms with van der Waals surface area (Å²) in [5.41, 5.74) is -0.618. The Kier molecular flexibility index (Phi) is 4.63. The van der Waals surface area contributed by atoms with Crippen LogP contribution in [-0.4, -0.2) is 26.9 Å². The molecule has 0 saturated heterocycles. The minimum atomic E-state index is -1.92. The largest absolute Gasteiger partial charge is 0.453 e. The van der Waals surface area contributed by atoms with Gasteiger partial charge in [-0.05, 0) is 6.07 Å². The fourth-order valence-electron chi connectivity index (χ4n) is 2.84. The van der Waals surface area contributed by atoms with Crippen molar-refractivity contribution < 1.29 is 40.1 Å². The van der Waals surface area contributed by atoms with Gasteiger partial charge in [-0.1, -0.05) is 0 Å². The summed E-state index contributed by atoms with van der Waals surface area (Å²) in [6.45, 7) is 1.16. The second-order valence-electron chi connectivity index (χ2n) is 5.53. The fraction of sp³-hybridized carbons (Fsp3) is 0.267. The molecule has 0 fully saturated rings. The van der Waals surface area contributed by atoms with E-state index < -0.39 is 11.8 Å². The number of hydrogen-bond donors (Lipinski definition) is 3. The smallest absolute Gasteiger partial charge is 0.266 e. The van der Waals surface area contributed by atoms with E-state index in [0.717, 1.165) is 10.4 Å². The Morgan fingerprint density at radius 3 is 3.00 bits per heavy atom. The maximum absolute atomic E-state index is 13.9. The topological polar surface area (TPSA) is 91.0 Å². The summed E-state index contributed by atoms with van der Waals surface area (Å²) >= 11 is 1.32. The van der Waals surface area contributed by atoms with Crippen molar-refractivity contribution in [2.45, 2.75) is 19.1 Å². The van der Waals surface area contributed by atoms with Crippen molar-refractivity contribution in [3.05, 3.63) is 46.2 Å². The van der Waals surface area contributed by atoms with Gasteiger partial charge in [-0.15, -0.1) is 17.5 Å². The van der Waals surface area contributed by atoms with E-state index in [-0.39, 0.29) is 50.3 Å². The number of rotatable bonds is 2. The number of hydrogen-bond acceptors (Lipinski definition) is 5. The number of nitrogens with zero attached hydrogens (tertiary/aromatic N) is 1. The summed E-state index contributed by atoms with van der Waals surface area (Å²) in [6.07, 6.45) is 2.69. The first-order valence-corrected chi connectivity index (χ1v) is 7.80. The number of ether oxygens (including phenoxy) is 1. The van der Waals surface area contributed by atoms with Gasteiger partial charge in [-0.25, -0.2) is 0 Å². The van der Waals surface area contributed by atoms with E-state index in [4.69, 9.17) is 4.74 Å². The summed E-state index contributed by atoms with van der Waals surface area (Å²) in [4.78, 5) is 15.9. The van der Waals surface area contributed by atoms with Gasteiger partial charge in [0, 0.05) is 64.7 Å². The third kappa shape index (κ3) is 2.54. The van der Waals surface area contributed by atoms with Crippen LogP contribution < -0.4 is 5.56 Å². The molecular formula is C15H13FHfN3O3S-. The zero-order valence-electron chi connectivity index (χ0n) is 12.6. The normalized spacial score (nSPS) is 20.2. The molecule has 3 aromatic heterocycles. The maximum Gasteiger partial charge on any atom is 0.266 e. The van der Waals surface area contributed by atoms with Gasteiger partial charge in [0.2, 0.25) is 0 Å². The van der Waals surface area contributed by atoms with Crippen LogP contribution in [0.3, 0.4) is 0 Å². The Balaban J connectivity index is 0.00000169. The maximum atomic E-state index is 13.9. The van der Waals surface area contributed by atoms with Crippen LogP contribution in [-0.2, 0) is 42.8 Å². The summed E-state index contributed by atoms with van der Waals surface area (Å²) < 4.78 is 19.8. The molecule has 1 atom stereocenters. The Bertz CT molecular complexity index is 937. The minimum Gasteiger partial charge on any atom is -0.453 e. The number of thiophene rings is 1. The van der Waals surface area contributed by atoms with Crippen LogP contribution in [0.4, 0.5) is 4.39 Å². The van der Waals surface area contributed by atoms with Gasteiger partial charge in [-0.2, -0.15) is 12.0 Å². The quantitative estimate of drug-likeness (QED) is 0.363. The number of nitrogens with one attached hydrogen (secondary N) is 2. The molecule has 4 heterocycles. The molecule has 0 radical (unpaired) electrons. The molecule has 24 heavy (non-hydrogen) atoms. The Morgan fingerprint density at radius 2 is 2.33 bits per heavy atom. The predicted molar refractivity (Wildman–Crippen MR) is 83.6 cm³/mol. The van der Waals surface area contributed by atoms with E-state index in [1.54, 1.807) is 12.4 Å². The number of H-pyrrole nitrogens is 2. The molecule has 0 aromatic carbocycles. The molecule has 124 valence electrons. The molecule has 0 unspecified atom stereocenters. The number of halogens is 1. The second kappa shape index (κ2) is 6.29. The standard InChI is InChI=1S/C15H13FN3O3S.Hf/c1-7(16)15(21)6-22-5-10-9-2-11(8-3-17-18-4-8)23-12(9)14(20)19-13(10)15;/h2-4,21H,5-6H2,1H3,(H,17,18)(H,19,20);/q-1;/t15-;/m0./s1. The van der Waals surface area contributed by atoms with E-state index in [1.165, 1.54) is 18.3 Å². The van der Waals surface area contributed by atoms with E-state index in [2.05, 4.69) is 15.2 Å². The average Bonchev–Trinajstić information content (AvgIpc) is 3.17. The molecule has 0 spiro atoms. The van der Waals surface area contributed by atoms with Crippen LogP contribution in [0.5, 0.6) is 0 Å². The van der Waals surface area contributed by atoms with E-state index in [0.29, 0.717) is 15.6 Å². The second-order valence-corrected chi connectivity index (χ2v) is 6.59. The first-order chi connectivity index (χ1) is 11.0. The molecular weight excluding hydrogens is 500 g/mol. The van der Waals surface area contributed by atoms with Crippen molar-refractivity contribution in [1.82, 2.24) is 15.2 Å². The third-order valence-electron chi connectivity index (χ3n) is 4.13. The first kappa shape index (κ1) is 17.7. The molecule has 3 aromatic rings. The molecule has 0 aliphatic carbocycles. The van der Waals surface area contributed by atoms with E-state index >= 15 is 0 Å². The van der Waals surface area contributed by atoms with Gasteiger partial charge in [-0.3, -0.25) is 9.89 Å². The molecule has 9 heteroatoms. The minimum absolute atomic E-state index is 0. The summed E-state index contributed by atoms with van der Waals surface area (Å²) in [5, 5.41) is 17.9. The van der Waals surface area contributed by atoms with Crippen LogP contribution in [0.1, 0.15) is 18.2 Å². The van der Waals surface area contributed by atoms with Crippen molar-refractivity contribution in [2.75, 3.05) is 6.61 Å². The third-order valence-corrected chi connectivity index (χ3v) is 5.31. The first-order valence-electron chi connectivity index (χ1n) is 6.98. The van der Waals surface area contributed by atoms with Crippen LogP contribution in [0, 0.1) is 6.17 Å². The SMILES string of the molecule is C[C-](F)[C@@]1(O)COCc2c1[nH]c(=O)c1sc(-c3cn[nH]c3)cc21.[Hf]. The van der Waals surface area contributed by atoms with Gasteiger partial charge in [0.1, 0.15) is 4.70 Å². The van der Waals surface area contributed by atoms with Crippen molar-refractivity contribution in [3.8, 4) is 10.4 Å². The fourth-order valence-corrected chi connectivity index (χ4v) is 3.90. The number of fused-ring (bicyclic) bond motifs is 3. The molecule has 1 aliphatic rings. The van der Waals surface area contributed by atoms with Crippen LogP contribution in [0.15, 0.2) is 23.3 Å². The Hall–Kier alpha value is -1.16. The molecule has 0 amide bonds. The monoisotopic (exact) mass is 514 g/mol. The summed E-state index contributed by atoms with van der Waals surface area (Å²) in [7, 11) is 0. The summed E-state index contributed by atoms with van der Waals surface area (Å²) in [5.74, 6) is 0. The van der Waals surface area contributed by atoms with Crippen LogP contribution in [0.25, 0.3) is 20.5 Å². The average molecular weight is 513 g/mol. The zero-order chi connectivity index (χ0) is 16.2. The van der Waals surface area contributed by atoms with Gasteiger partial charge < -0.3 is 19.2 Å². The van der Waals surface area contributed by atoms with E-state index in [1.807, 2.05) is 6.07 Å². The predicted octanol–water partition coefficient (Wildman–Crippen LogP) is 2.22. The number of aromatic amines is 2. The van der Waals surface area contributed by atoms with Crippen molar-refractivity contribution in [1.29, 1.82) is 0 Å². The molecule has 3 N–H and O–H groups in total.